The predicted octanol–water partition coefficient (Wildman–Crippen LogP) is 2.98. The molecule has 0 aliphatic heterocycles. The van der Waals surface area contributed by atoms with Crippen molar-refractivity contribution in [3.63, 3.8) is 0 Å². The lowest BCUT2D eigenvalue weighted by Gasteiger charge is -2.14. The van der Waals surface area contributed by atoms with Crippen molar-refractivity contribution in [3.05, 3.63) is 33.8 Å². The van der Waals surface area contributed by atoms with Crippen LogP contribution in [0, 0.1) is 0 Å². The summed E-state index contributed by atoms with van der Waals surface area (Å²) in [6.07, 6.45) is -4.68. The van der Waals surface area contributed by atoms with Crippen LogP contribution in [0.3, 0.4) is 0 Å². The number of carbonyl (C=O) groups is 2. The zero-order valence-electron chi connectivity index (χ0n) is 10.6. The molecule has 0 radical (unpaired) electrons. The van der Waals surface area contributed by atoms with Crippen molar-refractivity contribution in [2.75, 3.05) is 13.7 Å². The standard InChI is InChI=1S/C12H10BrClF3NO3/c1-21-11(20)9(14)5-18-10(19)7-3-2-6(13)4-8(7)12(15,16)17/h2-4,9H,5H2,1H3,(H,18,19). The maximum atomic E-state index is 12.9. The van der Waals surface area contributed by atoms with Gasteiger partial charge >= 0.3 is 12.1 Å². The second-order valence-electron chi connectivity index (χ2n) is 3.89. The van der Waals surface area contributed by atoms with E-state index in [0.29, 0.717) is 0 Å². The second kappa shape index (κ2) is 7.13. The molecular weight excluding hydrogens is 378 g/mol. The molecule has 21 heavy (non-hydrogen) atoms. The molecule has 0 aliphatic rings. The van der Waals surface area contributed by atoms with Gasteiger partial charge in [-0.3, -0.25) is 9.59 Å². The smallest absolute Gasteiger partial charge is 0.417 e. The first kappa shape index (κ1) is 17.8. The molecular formula is C12H10BrClF3NO3. The summed E-state index contributed by atoms with van der Waals surface area (Å²) in [6.45, 7) is -0.347. The molecule has 0 bridgehead atoms. The molecule has 1 amide bonds. The van der Waals surface area contributed by atoms with Gasteiger partial charge in [-0.15, -0.1) is 11.6 Å². The van der Waals surface area contributed by atoms with Gasteiger partial charge < -0.3 is 10.1 Å². The van der Waals surface area contributed by atoms with Crippen LogP contribution in [0.4, 0.5) is 13.2 Å². The van der Waals surface area contributed by atoms with Crippen molar-refractivity contribution in [2.45, 2.75) is 11.6 Å². The van der Waals surface area contributed by atoms with E-state index in [1.54, 1.807) is 0 Å². The number of methoxy groups -OCH3 is 1. The first-order chi connectivity index (χ1) is 9.66. The molecule has 1 N–H and O–H groups in total. The summed E-state index contributed by atoms with van der Waals surface area (Å²) in [5.41, 5.74) is -1.64. The Bertz CT molecular complexity index is 551. The maximum absolute atomic E-state index is 12.9. The number of hydrogen-bond donors (Lipinski definition) is 1. The monoisotopic (exact) mass is 387 g/mol. The van der Waals surface area contributed by atoms with Crippen LogP contribution in [0.5, 0.6) is 0 Å². The van der Waals surface area contributed by atoms with Crippen LogP contribution < -0.4 is 5.32 Å². The van der Waals surface area contributed by atoms with Crippen molar-refractivity contribution in [2.24, 2.45) is 0 Å². The van der Waals surface area contributed by atoms with Crippen LogP contribution in [-0.4, -0.2) is 30.9 Å². The molecule has 0 saturated carbocycles. The molecule has 0 spiro atoms. The quantitative estimate of drug-likeness (QED) is 0.637. The Morgan fingerprint density at radius 3 is 2.57 bits per heavy atom. The Labute approximate surface area is 131 Å². The van der Waals surface area contributed by atoms with Gasteiger partial charge in [-0.05, 0) is 18.2 Å². The van der Waals surface area contributed by atoms with E-state index < -0.39 is 34.6 Å². The van der Waals surface area contributed by atoms with Crippen LogP contribution >= 0.6 is 27.5 Å². The van der Waals surface area contributed by atoms with Crippen molar-refractivity contribution in [1.29, 1.82) is 0 Å². The average Bonchev–Trinajstić information content (AvgIpc) is 2.42. The lowest BCUT2D eigenvalue weighted by molar-refractivity contribution is -0.140. The van der Waals surface area contributed by atoms with Gasteiger partial charge in [0.2, 0.25) is 0 Å². The number of benzene rings is 1. The summed E-state index contributed by atoms with van der Waals surface area (Å²) in [7, 11) is 1.11. The van der Waals surface area contributed by atoms with Gasteiger partial charge in [0.25, 0.3) is 5.91 Å². The minimum Gasteiger partial charge on any atom is -0.468 e. The molecule has 0 fully saturated rings. The first-order valence-corrected chi connectivity index (χ1v) is 6.76. The predicted molar refractivity (Wildman–Crippen MR) is 73.1 cm³/mol. The number of halogens is 5. The van der Waals surface area contributed by atoms with E-state index in [0.717, 1.165) is 19.2 Å². The molecule has 0 heterocycles. The molecule has 4 nitrogen and oxygen atoms in total. The zero-order valence-corrected chi connectivity index (χ0v) is 13.0. The SMILES string of the molecule is COC(=O)C(Cl)CNC(=O)c1ccc(Br)cc1C(F)(F)F. The van der Waals surface area contributed by atoms with Crippen LogP contribution in [0.25, 0.3) is 0 Å². The summed E-state index contributed by atoms with van der Waals surface area (Å²) in [6, 6.07) is 3.14. The fourth-order valence-electron chi connectivity index (χ4n) is 1.44. The number of rotatable bonds is 4. The van der Waals surface area contributed by atoms with Gasteiger partial charge in [0.15, 0.2) is 0 Å². The Morgan fingerprint density at radius 2 is 2.05 bits per heavy atom. The van der Waals surface area contributed by atoms with Gasteiger partial charge in [0.1, 0.15) is 5.38 Å². The van der Waals surface area contributed by atoms with Gasteiger partial charge in [-0.25, -0.2) is 0 Å². The fraction of sp³-hybridized carbons (Fsp3) is 0.333. The average molecular weight is 389 g/mol. The van der Waals surface area contributed by atoms with E-state index in [9.17, 15) is 22.8 Å². The Hall–Kier alpha value is -1.28. The molecule has 116 valence electrons. The highest BCUT2D eigenvalue weighted by Gasteiger charge is 2.35. The highest BCUT2D eigenvalue weighted by atomic mass is 79.9. The van der Waals surface area contributed by atoms with E-state index in [4.69, 9.17) is 11.6 Å². The summed E-state index contributed by atoms with van der Waals surface area (Å²) < 4.78 is 43.1. The molecule has 1 unspecified atom stereocenters. The number of amides is 1. The van der Waals surface area contributed by atoms with Crippen molar-refractivity contribution in [1.82, 2.24) is 5.32 Å². The number of carbonyl (C=O) groups excluding carboxylic acids is 2. The van der Waals surface area contributed by atoms with Gasteiger partial charge in [0.05, 0.1) is 18.2 Å². The molecule has 0 saturated heterocycles. The lowest BCUT2D eigenvalue weighted by atomic mass is 10.1. The third kappa shape index (κ3) is 4.89. The summed E-state index contributed by atoms with van der Waals surface area (Å²) in [5.74, 6) is -1.77. The van der Waals surface area contributed by atoms with Gasteiger partial charge in [-0.2, -0.15) is 13.2 Å². The van der Waals surface area contributed by atoms with Crippen LogP contribution in [0.1, 0.15) is 15.9 Å². The molecule has 1 aromatic carbocycles. The first-order valence-electron chi connectivity index (χ1n) is 5.53. The number of alkyl halides is 4. The zero-order chi connectivity index (χ0) is 16.2. The summed E-state index contributed by atoms with van der Waals surface area (Å²) >= 11 is 8.51. The minimum absolute atomic E-state index is 0.191. The molecule has 1 rings (SSSR count). The van der Waals surface area contributed by atoms with Gasteiger partial charge in [-0.1, -0.05) is 15.9 Å². The molecule has 9 heteroatoms. The number of nitrogens with one attached hydrogen (secondary N) is 1. The van der Waals surface area contributed by atoms with E-state index in [1.807, 2.05) is 0 Å². The number of ether oxygens (including phenoxy) is 1. The largest absolute Gasteiger partial charge is 0.468 e. The lowest BCUT2D eigenvalue weighted by Crippen LogP contribution is -2.35. The Balaban J connectivity index is 2.91. The highest BCUT2D eigenvalue weighted by Crippen LogP contribution is 2.33. The Morgan fingerprint density at radius 1 is 1.43 bits per heavy atom. The normalized spacial score (nSPS) is 12.7. The topological polar surface area (TPSA) is 55.4 Å². The van der Waals surface area contributed by atoms with E-state index in [2.05, 4.69) is 26.0 Å². The van der Waals surface area contributed by atoms with Crippen LogP contribution in [0.15, 0.2) is 22.7 Å². The Kier molecular flexibility index (Phi) is 6.03. The van der Waals surface area contributed by atoms with E-state index >= 15 is 0 Å². The summed E-state index contributed by atoms with van der Waals surface area (Å²) in [4.78, 5) is 22.8. The second-order valence-corrected chi connectivity index (χ2v) is 5.33. The maximum Gasteiger partial charge on any atom is 0.417 e. The van der Waals surface area contributed by atoms with Crippen LogP contribution in [-0.2, 0) is 15.7 Å². The summed E-state index contributed by atoms with van der Waals surface area (Å²) in [5, 5.41) is 0.982. The van der Waals surface area contributed by atoms with Crippen molar-refractivity contribution < 1.29 is 27.5 Å². The highest BCUT2D eigenvalue weighted by molar-refractivity contribution is 9.10. The van der Waals surface area contributed by atoms with E-state index in [-0.39, 0.29) is 11.0 Å². The van der Waals surface area contributed by atoms with Gasteiger partial charge in [0, 0.05) is 11.0 Å². The number of esters is 1. The van der Waals surface area contributed by atoms with E-state index in [1.165, 1.54) is 6.07 Å². The number of hydrogen-bond acceptors (Lipinski definition) is 3. The molecule has 1 atom stereocenters. The van der Waals surface area contributed by atoms with Crippen molar-refractivity contribution >= 4 is 39.4 Å². The third-order valence-electron chi connectivity index (χ3n) is 2.43. The van der Waals surface area contributed by atoms with Crippen molar-refractivity contribution in [3.8, 4) is 0 Å². The molecule has 0 aliphatic carbocycles. The molecule has 1 aromatic rings. The third-order valence-corrected chi connectivity index (χ3v) is 3.26. The van der Waals surface area contributed by atoms with Crippen LogP contribution in [0.2, 0.25) is 0 Å². The fourth-order valence-corrected chi connectivity index (χ4v) is 1.97. The minimum atomic E-state index is -4.68. The molecule has 0 aromatic heterocycles.